The van der Waals surface area contributed by atoms with Gasteiger partial charge in [0.15, 0.2) is 0 Å². The number of aromatic nitrogens is 3. The van der Waals surface area contributed by atoms with E-state index in [0.717, 1.165) is 18.5 Å². The van der Waals surface area contributed by atoms with Crippen LogP contribution in [0.25, 0.3) is 0 Å². The molecule has 15 heteroatoms. The third kappa shape index (κ3) is 4.86. The molecule has 35 heavy (non-hydrogen) atoms. The quantitative estimate of drug-likeness (QED) is 0.528. The standard InChI is InChI=1S/C20H20F7N5O2S/c1-18(6-19(23,24)7-18)8-32-16(12(20(25,26)27)15(31-32)11-13(21)14(11)22)17(33)30-9-3-4-29-10(5-9)35(2,28)34/h3-5,11,13-14,28H,6-8H2,1-2H3,(H,29,30,33). The molecule has 3 atom stereocenters. The van der Waals surface area contributed by atoms with E-state index in [1.54, 1.807) is 0 Å². The molecule has 0 saturated heterocycles. The summed E-state index contributed by atoms with van der Waals surface area (Å²) in [4.78, 5) is 16.8. The second-order valence-electron chi connectivity index (χ2n) is 9.38. The lowest BCUT2D eigenvalue weighted by molar-refractivity contribution is -0.160. The highest BCUT2D eigenvalue weighted by molar-refractivity contribution is 7.91. The van der Waals surface area contributed by atoms with E-state index < -0.39 is 87.7 Å². The molecule has 2 aliphatic carbocycles. The molecule has 2 aromatic heterocycles. The summed E-state index contributed by atoms with van der Waals surface area (Å²) in [5, 5.41) is 5.62. The molecule has 3 unspecified atom stereocenters. The number of halogens is 7. The molecule has 2 aliphatic rings. The summed E-state index contributed by atoms with van der Waals surface area (Å²) in [5.41, 5.74) is -5.09. The highest BCUT2D eigenvalue weighted by atomic mass is 32.2. The number of hydrogen-bond donors (Lipinski definition) is 2. The van der Waals surface area contributed by atoms with Gasteiger partial charge in [0, 0.05) is 37.5 Å². The zero-order valence-electron chi connectivity index (χ0n) is 18.3. The van der Waals surface area contributed by atoms with Gasteiger partial charge in [-0.1, -0.05) is 6.92 Å². The molecule has 2 N–H and O–H groups in total. The zero-order chi connectivity index (χ0) is 26.1. The minimum Gasteiger partial charge on any atom is -0.320 e. The number of nitrogens with one attached hydrogen (secondary N) is 2. The largest absolute Gasteiger partial charge is 0.420 e. The molecule has 0 bridgehead atoms. The third-order valence-corrected chi connectivity index (χ3v) is 6.96. The summed E-state index contributed by atoms with van der Waals surface area (Å²) in [6, 6.07) is 2.21. The number of carbonyl (C=O) groups is 1. The fraction of sp³-hybridized carbons (Fsp3) is 0.550. The molecule has 4 rings (SSSR count). The third-order valence-electron chi connectivity index (χ3n) is 5.94. The molecule has 1 amide bonds. The van der Waals surface area contributed by atoms with Crippen LogP contribution < -0.4 is 5.32 Å². The minimum atomic E-state index is -5.24. The van der Waals surface area contributed by atoms with E-state index in [2.05, 4.69) is 15.4 Å². The fourth-order valence-corrected chi connectivity index (χ4v) is 5.05. The summed E-state index contributed by atoms with van der Waals surface area (Å²) in [6.07, 6.45) is -8.92. The maximum Gasteiger partial charge on any atom is 0.420 e. The van der Waals surface area contributed by atoms with Crippen LogP contribution >= 0.6 is 0 Å². The highest BCUT2D eigenvalue weighted by Crippen LogP contribution is 2.54. The number of amides is 1. The van der Waals surface area contributed by atoms with Crippen molar-refractivity contribution in [3.63, 3.8) is 0 Å². The molecule has 0 aromatic carbocycles. The topological polar surface area (TPSA) is 101 Å². The van der Waals surface area contributed by atoms with Crippen LogP contribution in [0.3, 0.4) is 0 Å². The first-order chi connectivity index (χ1) is 15.9. The molecule has 0 aliphatic heterocycles. The zero-order valence-corrected chi connectivity index (χ0v) is 19.1. The number of pyridine rings is 1. The highest BCUT2D eigenvalue weighted by Gasteiger charge is 2.60. The molecule has 2 aromatic rings. The van der Waals surface area contributed by atoms with Crippen LogP contribution in [0.2, 0.25) is 0 Å². The Bertz CT molecular complexity index is 1280. The SMILES string of the molecule is CC1(Cn2nc(C3C(F)C3F)c(C(F)(F)F)c2C(=O)Nc2ccnc(S(C)(=N)=O)c2)CC(F)(F)C1. The lowest BCUT2D eigenvalue weighted by atomic mass is 9.67. The summed E-state index contributed by atoms with van der Waals surface area (Å²) >= 11 is 0. The Morgan fingerprint density at radius 2 is 1.89 bits per heavy atom. The Labute approximate surface area is 195 Å². The maximum atomic E-state index is 14.1. The Kier molecular flexibility index (Phi) is 5.73. The van der Waals surface area contributed by atoms with Crippen LogP contribution in [-0.2, 0) is 22.5 Å². The van der Waals surface area contributed by atoms with E-state index in [1.165, 1.54) is 13.0 Å². The van der Waals surface area contributed by atoms with E-state index in [-0.39, 0.29) is 10.7 Å². The number of hydrogen-bond acceptors (Lipinski definition) is 5. The number of rotatable bonds is 6. The Hall–Kier alpha value is -2.71. The normalized spacial score (nSPS) is 26.5. The van der Waals surface area contributed by atoms with Crippen molar-refractivity contribution in [3.05, 3.63) is 35.3 Å². The van der Waals surface area contributed by atoms with Crippen LogP contribution in [0.1, 0.15) is 47.4 Å². The molecule has 7 nitrogen and oxygen atoms in total. The van der Waals surface area contributed by atoms with E-state index in [1.807, 2.05) is 0 Å². The predicted octanol–water partition coefficient (Wildman–Crippen LogP) is 4.79. The smallest absolute Gasteiger partial charge is 0.320 e. The first kappa shape index (κ1) is 25.4. The monoisotopic (exact) mass is 527 g/mol. The van der Waals surface area contributed by atoms with Gasteiger partial charge in [-0.3, -0.25) is 9.48 Å². The van der Waals surface area contributed by atoms with Gasteiger partial charge in [-0.2, -0.15) is 18.3 Å². The van der Waals surface area contributed by atoms with Crippen LogP contribution in [0, 0.1) is 10.2 Å². The maximum absolute atomic E-state index is 14.1. The van der Waals surface area contributed by atoms with Crippen molar-refractivity contribution in [2.45, 2.75) is 61.7 Å². The first-order valence-electron chi connectivity index (χ1n) is 10.3. The van der Waals surface area contributed by atoms with Crippen LogP contribution in [0.5, 0.6) is 0 Å². The van der Waals surface area contributed by atoms with Crippen molar-refractivity contribution in [3.8, 4) is 0 Å². The molecule has 0 radical (unpaired) electrons. The average Bonchev–Trinajstić information content (AvgIpc) is 3.09. The van der Waals surface area contributed by atoms with Gasteiger partial charge in [0.25, 0.3) is 5.91 Å². The number of carbonyl (C=O) groups excluding carboxylic acids is 1. The van der Waals surface area contributed by atoms with E-state index >= 15 is 0 Å². The Morgan fingerprint density at radius 3 is 2.37 bits per heavy atom. The van der Waals surface area contributed by atoms with Gasteiger partial charge in [-0.15, -0.1) is 0 Å². The molecule has 2 saturated carbocycles. The van der Waals surface area contributed by atoms with Crippen LogP contribution in [-0.4, -0.2) is 49.4 Å². The van der Waals surface area contributed by atoms with Gasteiger partial charge in [-0.05, 0) is 17.5 Å². The van der Waals surface area contributed by atoms with Crippen LogP contribution in [0.15, 0.2) is 23.4 Å². The van der Waals surface area contributed by atoms with E-state index in [4.69, 9.17) is 4.78 Å². The van der Waals surface area contributed by atoms with E-state index in [0.29, 0.717) is 4.68 Å². The Morgan fingerprint density at radius 1 is 1.29 bits per heavy atom. The molecule has 2 heterocycles. The van der Waals surface area contributed by atoms with Crippen LogP contribution in [0.4, 0.5) is 36.4 Å². The number of nitrogens with zero attached hydrogens (tertiary/aromatic N) is 3. The van der Waals surface area contributed by atoms with Gasteiger partial charge < -0.3 is 5.32 Å². The fourth-order valence-electron chi connectivity index (χ4n) is 4.44. The summed E-state index contributed by atoms with van der Waals surface area (Å²) in [7, 11) is -3.32. The van der Waals surface area contributed by atoms with Crippen molar-refractivity contribution in [2.24, 2.45) is 5.41 Å². The van der Waals surface area contributed by atoms with Gasteiger partial charge >= 0.3 is 6.18 Å². The lowest BCUT2D eigenvalue weighted by Crippen LogP contribution is -2.47. The van der Waals surface area contributed by atoms with Crippen molar-refractivity contribution >= 4 is 21.3 Å². The minimum absolute atomic E-state index is 0.149. The Balaban J connectivity index is 1.78. The van der Waals surface area contributed by atoms with Crippen molar-refractivity contribution < 1.29 is 39.7 Å². The molecule has 0 spiro atoms. The molecule has 2 fully saturated rings. The van der Waals surface area contributed by atoms with Crippen molar-refractivity contribution in [2.75, 3.05) is 11.6 Å². The number of anilines is 1. The molecular formula is C20H20F7N5O2S. The summed E-state index contributed by atoms with van der Waals surface area (Å²) in [5.74, 6) is -6.24. The van der Waals surface area contributed by atoms with Gasteiger partial charge in [0.2, 0.25) is 5.92 Å². The predicted molar refractivity (Wildman–Crippen MR) is 109 cm³/mol. The van der Waals surface area contributed by atoms with Gasteiger partial charge in [0.05, 0.1) is 21.3 Å². The first-order valence-corrected chi connectivity index (χ1v) is 12.2. The molecular weight excluding hydrogens is 507 g/mol. The summed E-state index contributed by atoms with van der Waals surface area (Å²) in [6.45, 7) is 0.862. The second-order valence-corrected chi connectivity index (χ2v) is 11.5. The van der Waals surface area contributed by atoms with Crippen molar-refractivity contribution in [1.29, 1.82) is 4.78 Å². The number of alkyl halides is 7. The molecule has 192 valence electrons. The second kappa shape index (κ2) is 7.90. The average molecular weight is 527 g/mol. The van der Waals surface area contributed by atoms with Gasteiger partial charge in [0.1, 0.15) is 28.6 Å². The van der Waals surface area contributed by atoms with E-state index in [9.17, 15) is 39.7 Å². The van der Waals surface area contributed by atoms with Gasteiger partial charge in [-0.25, -0.2) is 31.5 Å². The summed E-state index contributed by atoms with van der Waals surface area (Å²) < 4.78 is 117. The van der Waals surface area contributed by atoms with Crippen molar-refractivity contribution in [1.82, 2.24) is 14.8 Å². The lowest BCUT2D eigenvalue weighted by Gasteiger charge is -2.44.